The number of thiazole rings is 1. The number of hydrogen-bond acceptors (Lipinski definition) is 5. The number of nitrogens with zero attached hydrogens (tertiary/aromatic N) is 3. The van der Waals surface area contributed by atoms with E-state index in [-0.39, 0.29) is 16.9 Å². The molecule has 134 valence electrons. The molecule has 1 fully saturated rings. The zero-order chi connectivity index (χ0) is 17.9. The standard InChI is InChI=1S/C16H25N3O4S/c1-12-11-24-15(22)19(12)6-5-13(20)17-7-9-18(10-8-17)14(21)23-16(2,3)4/h11H,5-10H2,1-4H3. The molecule has 0 saturated carbocycles. The Hall–Kier alpha value is -1.83. The molecule has 2 amide bonds. The number of carbonyl (C=O) groups is 2. The highest BCUT2D eigenvalue weighted by Gasteiger charge is 2.27. The lowest BCUT2D eigenvalue weighted by Crippen LogP contribution is -2.51. The Kier molecular flexibility index (Phi) is 5.69. The average molecular weight is 355 g/mol. The van der Waals surface area contributed by atoms with Gasteiger partial charge in [0.25, 0.3) is 0 Å². The third kappa shape index (κ3) is 4.83. The SMILES string of the molecule is Cc1csc(=O)n1CCC(=O)N1CCN(C(=O)OC(C)(C)C)CC1. The molecule has 7 nitrogen and oxygen atoms in total. The van der Waals surface area contributed by atoms with Gasteiger partial charge in [0.1, 0.15) is 5.60 Å². The minimum atomic E-state index is -0.518. The highest BCUT2D eigenvalue weighted by molar-refractivity contribution is 7.07. The third-order valence-corrected chi connectivity index (χ3v) is 4.69. The summed E-state index contributed by atoms with van der Waals surface area (Å²) in [5.41, 5.74) is 0.364. The Morgan fingerprint density at radius 2 is 1.75 bits per heavy atom. The van der Waals surface area contributed by atoms with Crippen LogP contribution in [0.3, 0.4) is 0 Å². The van der Waals surface area contributed by atoms with Gasteiger partial charge in [-0.3, -0.25) is 9.59 Å². The van der Waals surface area contributed by atoms with Gasteiger partial charge in [0.05, 0.1) is 0 Å². The fraction of sp³-hybridized carbons (Fsp3) is 0.688. The van der Waals surface area contributed by atoms with Crippen LogP contribution in [0, 0.1) is 6.92 Å². The molecule has 1 aliphatic rings. The summed E-state index contributed by atoms with van der Waals surface area (Å²) >= 11 is 1.15. The average Bonchev–Trinajstić information content (AvgIpc) is 2.82. The van der Waals surface area contributed by atoms with E-state index in [0.29, 0.717) is 39.1 Å². The summed E-state index contributed by atoms with van der Waals surface area (Å²) in [5, 5.41) is 1.80. The van der Waals surface area contributed by atoms with E-state index in [1.165, 1.54) is 0 Å². The second-order valence-electron chi connectivity index (χ2n) is 6.89. The number of piperazine rings is 1. The molecule has 2 rings (SSSR count). The van der Waals surface area contributed by atoms with Gasteiger partial charge < -0.3 is 19.1 Å². The highest BCUT2D eigenvalue weighted by atomic mass is 32.1. The van der Waals surface area contributed by atoms with E-state index in [2.05, 4.69) is 0 Å². The zero-order valence-corrected chi connectivity index (χ0v) is 15.5. The fourth-order valence-electron chi connectivity index (χ4n) is 2.51. The van der Waals surface area contributed by atoms with Crippen molar-refractivity contribution in [3.05, 3.63) is 20.7 Å². The fourth-order valence-corrected chi connectivity index (χ4v) is 3.27. The van der Waals surface area contributed by atoms with Crippen molar-refractivity contribution < 1.29 is 14.3 Å². The van der Waals surface area contributed by atoms with E-state index < -0.39 is 5.60 Å². The minimum Gasteiger partial charge on any atom is -0.444 e. The molecule has 0 unspecified atom stereocenters. The maximum atomic E-state index is 12.3. The van der Waals surface area contributed by atoms with Crippen LogP contribution in [-0.4, -0.2) is 58.1 Å². The molecule has 0 radical (unpaired) electrons. The van der Waals surface area contributed by atoms with Crippen LogP contribution in [0.4, 0.5) is 4.79 Å². The molecule has 1 aromatic heterocycles. The lowest BCUT2D eigenvalue weighted by atomic mass is 10.2. The van der Waals surface area contributed by atoms with Crippen LogP contribution in [0.1, 0.15) is 32.9 Å². The molecule has 0 aliphatic carbocycles. The number of hydrogen-bond donors (Lipinski definition) is 0. The molecule has 0 spiro atoms. The second kappa shape index (κ2) is 7.38. The Balaban J connectivity index is 1.80. The van der Waals surface area contributed by atoms with E-state index >= 15 is 0 Å². The summed E-state index contributed by atoms with van der Waals surface area (Å²) in [5.74, 6) is 0.0105. The Labute approximate surface area is 145 Å². The van der Waals surface area contributed by atoms with Crippen molar-refractivity contribution in [3.8, 4) is 0 Å². The van der Waals surface area contributed by atoms with Crippen LogP contribution in [-0.2, 0) is 16.1 Å². The molecule has 2 heterocycles. The van der Waals surface area contributed by atoms with Gasteiger partial charge >= 0.3 is 11.0 Å². The molecule has 24 heavy (non-hydrogen) atoms. The van der Waals surface area contributed by atoms with Crippen molar-refractivity contribution in [1.82, 2.24) is 14.4 Å². The van der Waals surface area contributed by atoms with Gasteiger partial charge in [-0.15, -0.1) is 0 Å². The first-order valence-electron chi connectivity index (χ1n) is 8.08. The molecule has 1 saturated heterocycles. The van der Waals surface area contributed by atoms with Crippen LogP contribution in [0.2, 0.25) is 0 Å². The van der Waals surface area contributed by atoms with Crippen LogP contribution < -0.4 is 4.87 Å². The molecular formula is C16H25N3O4S. The zero-order valence-electron chi connectivity index (χ0n) is 14.7. The van der Waals surface area contributed by atoms with Crippen LogP contribution in [0.5, 0.6) is 0 Å². The smallest absolute Gasteiger partial charge is 0.410 e. The lowest BCUT2D eigenvalue weighted by molar-refractivity contribution is -0.133. The maximum Gasteiger partial charge on any atom is 0.410 e. The van der Waals surface area contributed by atoms with Crippen molar-refractivity contribution >= 4 is 23.3 Å². The number of rotatable bonds is 3. The largest absolute Gasteiger partial charge is 0.444 e. The lowest BCUT2D eigenvalue weighted by Gasteiger charge is -2.35. The first kappa shape index (κ1) is 18.5. The van der Waals surface area contributed by atoms with Gasteiger partial charge in [0.2, 0.25) is 5.91 Å². The van der Waals surface area contributed by atoms with E-state index in [1.807, 2.05) is 27.7 Å². The summed E-state index contributed by atoms with van der Waals surface area (Å²) in [7, 11) is 0. The second-order valence-corrected chi connectivity index (χ2v) is 7.71. The van der Waals surface area contributed by atoms with Gasteiger partial charge in [-0.2, -0.15) is 0 Å². The quantitative estimate of drug-likeness (QED) is 0.827. The van der Waals surface area contributed by atoms with Gasteiger partial charge in [0.15, 0.2) is 0 Å². The topological polar surface area (TPSA) is 71.9 Å². The molecule has 0 N–H and O–H groups in total. The normalized spacial score (nSPS) is 15.5. The molecule has 1 aromatic rings. The van der Waals surface area contributed by atoms with Crippen LogP contribution >= 0.6 is 11.3 Å². The van der Waals surface area contributed by atoms with E-state index in [1.54, 1.807) is 19.7 Å². The van der Waals surface area contributed by atoms with Crippen molar-refractivity contribution in [2.24, 2.45) is 0 Å². The number of aryl methyl sites for hydroxylation is 1. The molecule has 8 heteroatoms. The summed E-state index contributed by atoms with van der Waals surface area (Å²) in [6, 6.07) is 0. The molecule has 1 aliphatic heterocycles. The van der Waals surface area contributed by atoms with Crippen molar-refractivity contribution in [3.63, 3.8) is 0 Å². The van der Waals surface area contributed by atoms with Crippen molar-refractivity contribution in [2.45, 2.75) is 46.3 Å². The van der Waals surface area contributed by atoms with Crippen molar-refractivity contribution in [2.75, 3.05) is 26.2 Å². The molecular weight excluding hydrogens is 330 g/mol. The summed E-state index contributed by atoms with van der Waals surface area (Å²) in [6.07, 6.45) is -0.0424. The van der Waals surface area contributed by atoms with Crippen LogP contribution in [0.25, 0.3) is 0 Å². The van der Waals surface area contributed by atoms with Gasteiger partial charge in [-0.25, -0.2) is 4.79 Å². The van der Waals surface area contributed by atoms with E-state index in [0.717, 1.165) is 17.0 Å². The summed E-state index contributed by atoms with van der Waals surface area (Å²) < 4.78 is 6.97. The Morgan fingerprint density at radius 3 is 2.25 bits per heavy atom. The molecule has 0 bridgehead atoms. The number of carbonyl (C=O) groups excluding carboxylic acids is 2. The molecule has 0 atom stereocenters. The van der Waals surface area contributed by atoms with Crippen molar-refractivity contribution in [1.29, 1.82) is 0 Å². The third-order valence-electron chi connectivity index (χ3n) is 3.81. The number of aromatic nitrogens is 1. The highest BCUT2D eigenvalue weighted by Crippen LogP contribution is 2.12. The molecule has 0 aromatic carbocycles. The van der Waals surface area contributed by atoms with E-state index in [4.69, 9.17) is 4.74 Å². The van der Waals surface area contributed by atoms with Gasteiger partial charge in [-0.1, -0.05) is 11.3 Å². The Bertz CT molecular complexity index is 651. The predicted molar refractivity (Wildman–Crippen MR) is 92.3 cm³/mol. The Morgan fingerprint density at radius 1 is 1.17 bits per heavy atom. The van der Waals surface area contributed by atoms with E-state index in [9.17, 15) is 14.4 Å². The predicted octanol–water partition coefficient (Wildman–Crippen LogP) is 1.69. The monoisotopic (exact) mass is 355 g/mol. The first-order valence-corrected chi connectivity index (χ1v) is 8.96. The summed E-state index contributed by atoms with van der Waals surface area (Å²) in [4.78, 5) is 39.3. The number of amides is 2. The summed E-state index contributed by atoms with van der Waals surface area (Å²) in [6.45, 7) is 9.69. The minimum absolute atomic E-state index is 0.0105. The first-order chi connectivity index (χ1) is 11.2. The maximum absolute atomic E-state index is 12.3. The van der Waals surface area contributed by atoms with Crippen LogP contribution in [0.15, 0.2) is 10.2 Å². The van der Waals surface area contributed by atoms with Gasteiger partial charge in [0, 0.05) is 50.2 Å². The number of ether oxygens (including phenoxy) is 1. The van der Waals surface area contributed by atoms with Gasteiger partial charge in [-0.05, 0) is 27.7 Å².